The molecule has 1 aromatic carbocycles. The molecule has 14 heteroatoms. The molecule has 3 amide bonds. The third-order valence-electron chi connectivity index (χ3n) is 8.94. The van der Waals surface area contributed by atoms with Crippen LogP contribution in [0.2, 0.25) is 5.02 Å². The number of nitrogens with zero attached hydrogens (tertiary/aromatic N) is 3. The highest BCUT2D eigenvalue weighted by Gasteiger charge is 2.61. The van der Waals surface area contributed by atoms with Crippen molar-refractivity contribution in [3.8, 4) is 16.5 Å². The Hall–Kier alpha value is -4.23. The molecule has 5 atom stereocenters. The van der Waals surface area contributed by atoms with Gasteiger partial charge in [-0.1, -0.05) is 42.7 Å². The average Bonchev–Trinajstić information content (AvgIpc) is 3.33. The van der Waals surface area contributed by atoms with Crippen LogP contribution in [0.15, 0.2) is 47.9 Å². The van der Waals surface area contributed by atoms with Gasteiger partial charge in [-0.25, -0.2) is 19.6 Å². The Labute approximate surface area is 293 Å². The van der Waals surface area contributed by atoms with Gasteiger partial charge in [0.2, 0.25) is 17.7 Å². The number of carboxylic acids is 1. The summed E-state index contributed by atoms with van der Waals surface area (Å²) in [4.78, 5) is 65.5. The molecular weight excluding hydrogens is 670 g/mol. The first-order valence-electron chi connectivity index (χ1n) is 16.5. The van der Waals surface area contributed by atoms with E-state index in [9.17, 15) is 24.3 Å². The fourth-order valence-corrected chi connectivity index (χ4v) is 7.29. The van der Waals surface area contributed by atoms with Gasteiger partial charge in [0.15, 0.2) is 0 Å². The predicted molar refractivity (Wildman–Crippen MR) is 184 cm³/mol. The molecule has 49 heavy (non-hydrogen) atoms. The summed E-state index contributed by atoms with van der Waals surface area (Å²) in [7, 11) is 0. The van der Waals surface area contributed by atoms with Crippen molar-refractivity contribution in [3.63, 3.8) is 0 Å². The first-order chi connectivity index (χ1) is 23.3. The van der Waals surface area contributed by atoms with Gasteiger partial charge in [0.25, 0.3) is 0 Å². The van der Waals surface area contributed by atoms with Crippen LogP contribution in [-0.2, 0) is 19.1 Å². The molecule has 3 aromatic rings. The molecule has 3 aliphatic rings. The molecule has 0 bridgehead atoms. The standard InChI is InChI=1S/C35H40ClN5O7S/c1-34(2,3)48-33(46)39-24-11-8-6-4-5-7-10-20-18-35(20,32(44)45)40-29(42)26-17-22(19-41(26)31(24)43)47-30-28(27-12-9-15-49-27)37-23-14-13-21(36)16-25(23)38-30/h7,9-10,12-16,20,22,24,26H,4-6,8,11,17-19H2,1-3H3,(H,39,46)(H,40,42)(H,44,45)/b10-7-/t20-,22?,24+,26+,35-/m1/s1. The zero-order chi connectivity index (χ0) is 34.9. The summed E-state index contributed by atoms with van der Waals surface area (Å²) in [6.45, 7) is 5.20. The van der Waals surface area contributed by atoms with E-state index in [-0.39, 0.29) is 31.2 Å². The minimum atomic E-state index is -1.45. The van der Waals surface area contributed by atoms with Gasteiger partial charge < -0.3 is 30.1 Å². The Kier molecular flexibility index (Phi) is 9.86. The SMILES string of the molecule is CC(C)(C)OC(=O)N[C@H]1CCCCC/C=C\[C@@H]2C[C@@]2(C(=O)O)NC(=O)[C@@H]2CC(Oc3nc4cc(Cl)ccc4nc3-c3cccs3)CN2C1=O. The van der Waals surface area contributed by atoms with Crippen molar-refractivity contribution in [2.24, 2.45) is 5.92 Å². The molecule has 0 spiro atoms. The number of aliphatic carboxylic acids is 1. The van der Waals surface area contributed by atoms with Gasteiger partial charge in [-0.2, -0.15) is 0 Å². The molecule has 1 aliphatic carbocycles. The lowest BCUT2D eigenvalue weighted by Crippen LogP contribution is -2.56. The summed E-state index contributed by atoms with van der Waals surface area (Å²) in [6.07, 6.45) is 6.03. The molecule has 0 radical (unpaired) electrons. The van der Waals surface area contributed by atoms with Crippen molar-refractivity contribution in [2.45, 2.75) is 95.0 Å². The molecular formula is C35H40ClN5O7S. The Morgan fingerprint density at radius 2 is 1.96 bits per heavy atom. The zero-order valence-corrected chi connectivity index (χ0v) is 29.2. The molecule has 6 rings (SSSR count). The second kappa shape index (κ2) is 13.9. The first kappa shape index (κ1) is 34.6. The van der Waals surface area contributed by atoms with E-state index < -0.39 is 53.2 Å². The van der Waals surface area contributed by atoms with E-state index in [0.717, 1.165) is 24.1 Å². The van der Waals surface area contributed by atoms with Crippen molar-refractivity contribution in [2.75, 3.05) is 6.54 Å². The van der Waals surface area contributed by atoms with Crippen molar-refractivity contribution in [1.82, 2.24) is 25.5 Å². The number of carboxylic acid groups (broad SMARTS) is 1. The number of hydrogen-bond donors (Lipinski definition) is 3. The summed E-state index contributed by atoms with van der Waals surface area (Å²) in [5.74, 6) is -2.34. The molecule has 260 valence electrons. The van der Waals surface area contributed by atoms with Crippen molar-refractivity contribution < 1.29 is 33.8 Å². The number of halogens is 1. The molecule has 1 unspecified atom stereocenters. The van der Waals surface area contributed by atoms with Crippen LogP contribution in [0.4, 0.5) is 4.79 Å². The summed E-state index contributed by atoms with van der Waals surface area (Å²) in [6, 6.07) is 6.94. The maximum Gasteiger partial charge on any atom is 0.408 e. The largest absolute Gasteiger partial charge is 0.479 e. The minimum Gasteiger partial charge on any atom is -0.479 e. The number of ether oxygens (including phenoxy) is 2. The normalized spacial score (nSPS) is 26.8. The predicted octanol–water partition coefficient (Wildman–Crippen LogP) is 5.73. The van der Waals surface area contributed by atoms with Gasteiger partial charge in [-0.05, 0) is 76.1 Å². The number of nitrogens with one attached hydrogen (secondary N) is 2. The van der Waals surface area contributed by atoms with Crippen molar-refractivity contribution in [1.29, 1.82) is 0 Å². The molecule has 2 aromatic heterocycles. The van der Waals surface area contributed by atoms with E-state index in [1.807, 2.05) is 29.7 Å². The molecule has 3 N–H and O–H groups in total. The summed E-state index contributed by atoms with van der Waals surface area (Å²) < 4.78 is 12.0. The van der Waals surface area contributed by atoms with Crippen molar-refractivity contribution >= 4 is 57.8 Å². The third-order valence-corrected chi connectivity index (χ3v) is 10.1. The van der Waals surface area contributed by atoms with Gasteiger partial charge in [-0.3, -0.25) is 9.59 Å². The number of fused-ring (bicyclic) bond motifs is 3. The smallest absolute Gasteiger partial charge is 0.408 e. The summed E-state index contributed by atoms with van der Waals surface area (Å²) in [5, 5.41) is 18.1. The van der Waals surface area contributed by atoms with Gasteiger partial charge >= 0.3 is 12.1 Å². The highest BCUT2D eigenvalue weighted by atomic mass is 35.5. The fourth-order valence-electron chi connectivity index (χ4n) is 6.42. The minimum absolute atomic E-state index is 0.00797. The monoisotopic (exact) mass is 709 g/mol. The lowest BCUT2D eigenvalue weighted by molar-refractivity contribution is -0.145. The number of hydrogen-bond acceptors (Lipinski definition) is 9. The second-order valence-corrected chi connectivity index (χ2v) is 15.2. The number of thiophene rings is 1. The van der Waals surface area contributed by atoms with Crippen LogP contribution in [0, 0.1) is 5.92 Å². The topological polar surface area (TPSA) is 160 Å². The number of amides is 3. The second-order valence-electron chi connectivity index (χ2n) is 13.8. The number of benzene rings is 1. The third kappa shape index (κ3) is 7.83. The highest BCUT2D eigenvalue weighted by Crippen LogP contribution is 2.45. The van der Waals surface area contributed by atoms with Gasteiger partial charge in [0.05, 0.1) is 22.5 Å². The van der Waals surface area contributed by atoms with E-state index in [2.05, 4.69) is 10.6 Å². The molecule has 1 saturated heterocycles. The Bertz CT molecular complexity index is 1780. The van der Waals surface area contributed by atoms with Crippen LogP contribution in [0.25, 0.3) is 21.6 Å². The van der Waals surface area contributed by atoms with Gasteiger partial charge in [0.1, 0.15) is 35.0 Å². The van der Waals surface area contributed by atoms with Crippen LogP contribution in [0.1, 0.15) is 65.7 Å². The maximum absolute atomic E-state index is 14.3. The Balaban J connectivity index is 1.33. The zero-order valence-electron chi connectivity index (χ0n) is 27.6. The van der Waals surface area contributed by atoms with Crippen LogP contribution < -0.4 is 15.4 Å². The Morgan fingerprint density at radius 1 is 1.14 bits per heavy atom. The molecule has 12 nitrogen and oxygen atoms in total. The quantitative estimate of drug-likeness (QED) is 0.281. The van der Waals surface area contributed by atoms with Crippen LogP contribution in [-0.4, -0.2) is 79.7 Å². The molecule has 2 aliphatic heterocycles. The number of carbonyl (C=O) groups is 4. The van der Waals surface area contributed by atoms with Crippen LogP contribution in [0.5, 0.6) is 5.88 Å². The lowest BCUT2D eigenvalue weighted by atomic mass is 10.0. The Morgan fingerprint density at radius 3 is 2.69 bits per heavy atom. The first-order valence-corrected chi connectivity index (χ1v) is 17.8. The number of allylic oxidation sites excluding steroid dienone is 1. The highest BCUT2D eigenvalue weighted by molar-refractivity contribution is 7.13. The number of rotatable bonds is 5. The average molecular weight is 710 g/mol. The number of alkyl carbamates (subject to hydrolysis) is 1. The van der Waals surface area contributed by atoms with E-state index in [1.54, 1.807) is 39.0 Å². The van der Waals surface area contributed by atoms with Gasteiger partial charge in [0, 0.05) is 17.4 Å². The van der Waals surface area contributed by atoms with Crippen LogP contribution in [0.3, 0.4) is 0 Å². The van der Waals surface area contributed by atoms with E-state index >= 15 is 0 Å². The van der Waals surface area contributed by atoms with E-state index in [1.165, 1.54) is 16.2 Å². The van der Waals surface area contributed by atoms with E-state index in [0.29, 0.717) is 34.6 Å². The molecule has 2 fully saturated rings. The fraction of sp³-hybridized carbons (Fsp3) is 0.486. The summed E-state index contributed by atoms with van der Waals surface area (Å²) in [5.41, 5.74) is -0.595. The summed E-state index contributed by atoms with van der Waals surface area (Å²) >= 11 is 7.73. The molecule has 4 heterocycles. The maximum atomic E-state index is 14.3. The van der Waals surface area contributed by atoms with Crippen molar-refractivity contribution in [3.05, 3.63) is 52.9 Å². The lowest BCUT2D eigenvalue weighted by Gasteiger charge is -2.30. The van der Waals surface area contributed by atoms with Gasteiger partial charge in [-0.15, -0.1) is 11.3 Å². The van der Waals surface area contributed by atoms with Crippen LogP contribution >= 0.6 is 22.9 Å². The number of aromatic nitrogens is 2. The van der Waals surface area contributed by atoms with E-state index in [4.69, 9.17) is 31.0 Å². The number of carbonyl (C=O) groups excluding carboxylic acids is 3. The molecule has 1 saturated carbocycles.